The summed E-state index contributed by atoms with van der Waals surface area (Å²) in [5, 5.41) is 0. The Bertz CT molecular complexity index is 3400. The predicted molar refractivity (Wildman–Crippen MR) is 325 cm³/mol. The standard InChI is InChI=1S/C68H82N4O12/c1-11-14-16-18-26-50-52-28-32-56(69-52)62(46-22-20-24-48(36-46)81-67-41(6)64(78-43(8)74)66(80-45(10)76)60(13-3)83-67)57-33-29-53(70-57)51(27-19-17-15-12-2)55-31-35-59(72-55)63(58-34-30-54(50)71-58)47-23-21-25-49(37-47)82-68-65(79-44(9)75)40(5)39(4)61(84-68)38-77-42(7)73/h20-25,28-37,39-41,60-61,64-69,72H,11-19,26-27,38H2,1-10H3/t39-,40-,41+,60?,61?,64?,65?,66-,67-,68+/m0/s1. The lowest BCUT2D eigenvalue weighted by atomic mass is 9.83. The average Bonchev–Trinajstić information content (AvgIpc) is 4.55. The van der Waals surface area contributed by atoms with E-state index in [1.54, 1.807) is 0 Å². The van der Waals surface area contributed by atoms with Crippen LogP contribution in [0.25, 0.3) is 68.6 Å². The van der Waals surface area contributed by atoms with Gasteiger partial charge in [-0.1, -0.05) is 104 Å². The van der Waals surface area contributed by atoms with Gasteiger partial charge in [0.2, 0.25) is 12.6 Å². The number of unbranched alkanes of at least 4 members (excludes halogenated alkanes) is 6. The maximum atomic E-state index is 12.5. The molecular formula is C68H82N4O12. The van der Waals surface area contributed by atoms with E-state index in [1.165, 1.54) is 27.7 Å². The van der Waals surface area contributed by atoms with Crippen molar-refractivity contribution in [1.29, 1.82) is 0 Å². The SMILES string of the molecule is CCCCCCc1c2nc(c(-c3cccc(O[C@H]4OC(CC)[C@H](OC(C)=O)C(OC(C)=O)[C@H]4C)c3)c3ccc([nH]3)c(CCCCCC)c3nc(c(-c4cccc(O[C@@H]5OC(COC(C)=O)[C@@H](C)[C@H](C)C5OC(C)=O)c4)c4ccc1[nH]4)C=C3)C=C2. The average molecular weight is 1150 g/mol. The first kappa shape index (κ1) is 61.0. The quantitative estimate of drug-likeness (QED) is 0.0369. The van der Waals surface area contributed by atoms with Crippen LogP contribution in [0.5, 0.6) is 11.5 Å². The Hall–Kier alpha value is -7.56. The zero-order valence-corrected chi connectivity index (χ0v) is 50.3. The van der Waals surface area contributed by atoms with E-state index in [-0.39, 0.29) is 18.4 Å². The minimum Gasteiger partial charge on any atom is -0.464 e. The minimum atomic E-state index is -0.989. The number of nitrogens with zero attached hydrogens (tertiary/aromatic N) is 2. The van der Waals surface area contributed by atoms with Crippen molar-refractivity contribution in [2.45, 2.75) is 183 Å². The van der Waals surface area contributed by atoms with E-state index in [0.717, 1.165) is 142 Å². The molecule has 5 aromatic rings. The van der Waals surface area contributed by atoms with Gasteiger partial charge in [-0.05, 0) is 122 Å². The molecule has 84 heavy (non-hydrogen) atoms. The van der Waals surface area contributed by atoms with Gasteiger partial charge in [0.25, 0.3) is 0 Å². The third-order valence-electron chi connectivity index (χ3n) is 16.5. The highest BCUT2D eigenvalue weighted by Gasteiger charge is 2.49. The van der Waals surface area contributed by atoms with E-state index in [1.807, 2.05) is 70.2 Å². The van der Waals surface area contributed by atoms with Crippen LogP contribution in [-0.2, 0) is 60.4 Å². The van der Waals surface area contributed by atoms with E-state index in [0.29, 0.717) is 17.9 Å². The van der Waals surface area contributed by atoms with Crippen molar-refractivity contribution >= 4 is 70.2 Å². The Morgan fingerprint density at radius 3 is 1.44 bits per heavy atom. The Labute approximate surface area is 493 Å². The Kier molecular flexibility index (Phi) is 20.3. The maximum Gasteiger partial charge on any atom is 0.303 e. The van der Waals surface area contributed by atoms with Crippen LogP contribution < -0.4 is 9.47 Å². The molecule has 3 aromatic heterocycles. The number of ether oxygens (including phenoxy) is 8. The van der Waals surface area contributed by atoms with Gasteiger partial charge in [-0.25, -0.2) is 9.97 Å². The van der Waals surface area contributed by atoms with Crippen LogP contribution in [0.1, 0.15) is 161 Å². The number of hydrogen-bond acceptors (Lipinski definition) is 14. The molecule has 9 rings (SSSR count). The highest BCUT2D eigenvalue weighted by molar-refractivity contribution is 5.94. The molecule has 0 radical (unpaired) electrons. The largest absolute Gasteiger partial charge is 0.464 e. The molecule has 0 saturated carbocycles. The van der Waals surface area contributed by atoms with Crippen LogP contribution in [0.15, 0.2) is 72.8 Å². The Morgan fingerprint density at radius 1 is 0.488 bits per heavy atom. The van der Waals surface area contributed by atoms with E-state index in [2.05, 4.69) is 78.5 Å². The second-order valence-electron chi connectivity index (χ2n) is 22.7. The number of hydrogen-bond donors (Lipinski definition) is 2. The molecular weight excluding hydrogens is 1060 g/mol. The molecule has 2 N–H and O–H groups in total. The van der Waals surface area contributed by atoms with E-state index < -0.39 is 72.9 Å². The summed E-state index contributed by atoms with van der Waals surface area (Å²) < 4.78 is 49.3. The summed E-state index contributed by atoms with van der Waals surface area (Å²) in [5.74, 6) is -1.59. The summed E-state index contributed by atoms with van der Waals surface area (Å²) >= 11 is 0. The summed E-state index contributed by atoms with van der Waals surface area (Å²) in [7, 11) is 0. The van der Waals surface area contributed by atoms with Gasteiger partial charge in [-0.15, -0.1) is 0 Å². The van der Waals surface area contributed by atoms with Crippen LogP contribution in [0.2, 0.25) is 0 Å². The number of benzene rings is 2. The molecule has 4 aliphatic rings. The van der Waals surface area contributed by atoms with Gasteiger partial charge < -0.3 is 47.9 Å². The molecule has 446 valence electrons. The lowest BCUT2D eigenvalue weighted by molar-refractivity contribution is -0.261. The number of rotatable bonds is 22. The van der Waals surface area contributed by atoms with Crippen molar-refractivity contribution < 1.29 is 57.1 Å². The molecule has 4 aliphatic heterocycles. The molecule has 2 saturated heterocycles. The summed E-state index contributed by atoms with van der Waals surface area (Å²) in [6.45, 7) is 17.7. The molecule has 8 bridgehead atoms. The van der Waals surface area contributed by atoms with Gasteiger partial charge in [0.05, 0.1) is 34.8 Å². The number of esters is 4. The number of aromatic amines is 2. The molecule has 16 nitrogen and oxygen atoms in total. The summed E-state index contributed by atoms with van der Waals surface area (Å²) in [6.07, 6.45) is 13.7. The van der Waals surface area contributed by atoms with Gasteiger partial charge in [-0.2, -0.15) is 0 Å². The molecule has 0 amide bonds. The van der Waals surface area contributed by atoms with Crippen LogP contribution in [0.4, 0.5) is 0 Å². The molecule has 0 spiro atoms. The number of fused-ring (bicyclic) bond motifs is 8. The van der Waals surface area contributed by atoms with Gasteiger partial charge in [0.1, 0.15) is 30.3 Å². The van der Waals surface area contributed by atoms with Crippen molar-refractivity contribution in [2.75, 3.05) is 6.61 Å². The van der Waals surface area contributed by atoms with Crippen molar-refractivity contribution in [3.63, 3.8) is 0 Å². The minimum absolute atomic E-state index is 0.0380. The normalized spacial score (nSPS) is 22.7. The van der Waals surface area contributed by atoms with Crippen molar-refractivity contribution in [1.82, 2.24) is 19.9 Å². The lowest BCUT2D eigenvalue weighted by Crippen LogP contribution is -2.57. The third-order valence-corrected chi connectivity index (χ3v) is 16.5. The first-order valence-electron chi connectivity index (χ1n) is 30.2. The Morgan fingerprint density at radius 2 is 0.952 bits per heavy atom. The first-order chi connectivity index (χ1) is 40.5. The molecule has 2 aromatic carbocycles. The fourth-order valence-corrected chi connectivity index (χ4v) is 11.9. The zero-order valence-electron chi connectivity index (χ0n) is 50.3. The van der Waals surface area contributed by atoms with Crippen molar-refractivity contribution in [2.24, 2.45) is 17.8 Å². The third kappa shape index (κ3) is 14.3. The van der Waals surface area contributed by atoms with Crippen LogP contribution in [0.3, 0.4) is 0 Å². The highest BCUT2D eigenvalue weighted by atomic mass is 16.7. The van der Waals surface area contributed by atoms with Crippen molar-refractivity contribution in [3.8, 4) is 33.8 Å². The molecule has 0 aliphatic carbocycles. The molecule has 7 heterocycles. The fourth-order valence-electron chi connectivity index (χ4n) is 11.9. The smallest absolute Gasteiger partial charge is 0.303 e. The molecule has 2 fully saturated rings. The topological polar surface area (TPSA) is 199 Å². The van der Waals surface area contributed by atoms with Crippen LogP contribution in [-0.4, -0.2) is 93.5 Å². The summed E-state index contributed by atoms with van der Waals surface area (Å²) in [4.78, 5) is 67.9. The van der Waals surface area contributed by atoms with E-state index >= 15 is 0 Å². The highest BCUT2D eigenvalue weighted by Crippen LogP contribution is 2.40. The number of aromatic nitrogens is 4. The monoisotopic (exact) mass is 1150 g/mol. The predicted octanol–water partition coefficient (Wildman–Crippen LogP) is 14.1. The second-order valence-corrected chi connectivity index (χ2v) is 22.7. The maximum absolute atomic E-state index is 12.5. The van der Waals surface area contributed by atoms with Gasteiger partial charge in [-0.3, -0.25) is 19.2 Å². The van der Waals surface area contributed by atoms with Gasteiger partial charge in [0, 0.05) is 77.9 Å². The second kappa shape index (κ2) is 27.9. The fraction of sp³-hybridized carbons (Fsp3) is 0.471. The van der Waals surface area contributed by atoms with Gasteiger partial charge >= 0.3 is 23.9 Å². The first-order valence-corrected chi connectivity index (χ1v) is 30.2. The molecule has 4 unspecified atom stereocenters. The van der Waals surface area contributed by atoms with Gasteiger partial charge in [0.15, 0.2) is 12.2 Å². The number of aryl methyl sites for hydroxylation is 2. The molecule has 10 atom stereocenters. The Balaban J connectivity index is 1.20. The van der Waals surface area contributed by atoms with Crippen molar-refractivity contribution in [3.05, 3.63) is 107 Å². The number of carbonyl (C=O) groups is 4. The summed E-state index contributed by atoms with van der Waals surface area (Å²) in [5.41, 5.74) is 12.4. The number of nitrogens with one attached hydrogen (secondary N) is 2. The summed E-state index contributed by atoms with van der Waals surface area (Å²) in [6, 6.07) is 24.2. The van der Waals surface area contributed by atoms with E-state index in [9.17, 15) is 19.2 Å². The van der Waals surface area contributed by atoms with Crippen LogP contribution >= 0.6 is 0 Å². The van der Waals surface area contributed by atoms with E-state index in [4.69, 9.17) is 47.9 Å². The zero-order chi connectivity index (χ0) is 59.6. The number of H-pyrrole nitrogens is 2. The lowest BCUT2D eigenvalue weighted by Gasteiger charge is -2.43. The molecule has 16 heteroatoms. The van der Waals surface area contributed by atoms with Crippen LogP contribution in [0, 0.1) is 17.8 Å². The number of carbonyl (C=O) groups excluding carboxylic acids is 4.